The van der Waals surface area contributed by atoms with Gasteiger partial charge in [0.15, 0.2) is 0 Å². The largest absolute Gasteiger partial charge is 0.324 e. The molecule has 1 fully saturated rings. The van der Waals surface area contributed by atoms with Crippen LogP contribution in [-0.4, -0.2) is 58.4 Å². The maximum absolute atomic E-state index is 9.29. The normalized spacial score (nSPS) is 13.4. The second-order valence-electron chi connectivity index (χ2n) is 8.13. The van der Waals surface area contributed by atoms with Gasteiger partial charge in [-0.3, -0.25) is 4.68 Å². The quantitative estimate of drug-likeness (QED) is 0.407. The Labute approximate surface area is 215 Å². The van der Waals surface area contributed by atoms with E-state index in [-0.39, 0.29) is 5.54 Å². The van der Waals surface area contributed by atoms with E-state index in [4.69, 9.17) is 14.6 Å². The summed E-state index contributed by atoms with van der Waals surface area (Å²) in [6, 6.07) is 14.2. The van der Waals surface area contributed by atoms with Crippen molar-refractivity contribution < 1.29 is 9.59 Å². The lowest BCUT2D eigenvalue weighted by Crippen LogP contribution is -2.61. The van der Waals surface area contributed by atoms with E-state index in [1.165, 1.54) is 6.42 Å². The minimum absolute atomic E-state index is 0.255. The summed E-state index contributed by atoms with van der Waals surface area (Å²) in [6.07, 6.45) is 5.54. The lowest BCUT2D eigenvalue weighted by atomic mass is 9.87. The van der Waals surface area contributed by atoms with Crippen molar-refractivity contribution >= 4 is 46.8 Å². The zero-order chi connectivity index (χ0) is 26.6. The van der Waals surface area contributed by atoms with Gasteiger partial charge in [-0.2, -0.15) is 10.4 Å². The number of likely N-dealkylation sites (tertiary alicyclic amines) is 1. The van der Waals surface area contributed by atoms with Gasteiger partial charge in [-0.05, 0) is 30.6 Å². The van der Waals surface area contributed by atoms with E-state index in [0.29, 0.717) is 12.4 Å². The Balaban J connectivity index is 0.000000596. The fourth-order valence-electron chi connectivity index (χ4n) is 3.91. The third-order valence-electron chi connectivity index (χ3n) is 5.21. The molecule has 1 saturated heterocycles. The Morgan fingerprint density at radius 2 is 1.78 bits per heavy atom. The van der Waals surface area contributed by atoms with Crippen molar-refractivity contribution in [2.75, 3.05) is 25.5 Å². The summed E-state index contributed by atoms with van der Waals surface area (Å²) in [5.74, 6) is 0.556. The molecule has 1 aromatic carbocycles. The number of aromatic nitrogens is 4. The average molecular weight is 506 g/mol. The molecule has 1 N–H and O–H groups in total. The first kappa shape index (κ1) is 28.3. The van der Waals surface area contributed by atoms with E-state index in [1.807, 2.05) is 72.4 Å². The van der Waals surface area contributed by atoms with Crippen molar-refractivity contribution in [1.29, 1.82) is 5.26 Å². The Morgan fingerprint density at radius 1 is 1.11 bits per heavy atom. The van der Waals surface area contributed by atoms with Crippen LogP contribution in [0.4, 0.5) is 11.6 Å². The molecule has 0 atom stereocenters. The summed E-state index contributed by atoms with van der Waals surface area (Å²) in [5.41, 5.74) is 3.38. The molecule has 4 aromatic rings. The molecule has 0 amide bonds. The number of nitriles is 1. The number of thiophene rings is 1. The minimum Gasteiger partial charge on any atom is -0.324 e. The monoisotopic (exact) mass is 505 g/mol. The molecule has 0 bridgehead atoms. The van der Waals surface area contributed by atoms with E-state index in [9.17, 15) is 5.26 Å². The first-order valence-corrected chi connectivity index (χ1v) is 12.2. The minimum atomic E-state index is -0.255. The van der Waals surface area contributed by atoms with E-state index in [1.54, 1.807) is 11.3 Å². The number of rotatable bonds is 5. The van der Waals surface area contributed by atoms with Crippen LogP contribution >= 0.6 is 11.3 Å². The molecule has 9 nitrogen and oxygen atoms in total. The lowest BCUT2D eigenvalue weighted by Gasteiger charge is -2.47. The maximum atomic E-state index is 9.29. The van der Waals surface area contributed by atoms with Crippen LogP contribution in [0.1, 0.15) is 26.7 Å². The molecular weight excluding hydrogens is 474 g/mol. The zero-order valence-electron chi connectivity index (χ0n) is 20.8. The van der Waals surface area contributed by atoms with Crippen molar-refractivity contribution in [2.24, 2.45) is 0 Å². The van der Waals surface area contributed by atoms with Gasteiger partial charge in [0.2, 0.25) is 5.95 Å². The molecule has 36 heavy (non-hydrogen) atoms. The standard InChI is InChI=1S/C21H19N7S.C3H8.2CH2O/c1-27-13-21(14-27,8-9-22)28-12-15(11-23-28)18-19-17(7-10-29-19)25-20(26-18)24-16-5-3-2-4-6-16;1-3-2;2*1-2/h2-7,10-12H,8,13-14H2,1H3,(H,24,25,26);3H2,1-2H3;2*1H2. The van der Waals surface area contributed by atoms with Gasteiger partial charge in [-0.25, -0.2) is 9.97 Å². The molecule has 0 aliphatic carbocycles. The van der Waals surface area contributed by atoms with Crippen molar-refractivity contribution in [3.05, 3.63) is 54.2 Å². The smallest absolute Gasteiger partial charge is 0.228 e. The van der Waals surface area contributed by atoms with Crippen LogP contribution in [0.25, 0.3) is 21.5 Å². The molecule has 0 unspecified atom stereocenters. The molecule has 1 aliphatic rings. The van der Waals surface area contributed by atoms with Crippen LogP contribution in [-0.2, 0) is 15.1 Å². The van der Waals surface area contributed by atoms with Crippen molar-refractivity contribution in [3.8, 4) is 17.3 Å². The number of fused-ring (bicyclic) bond motifs is 1. The van der Waals surface area contributed by atoms with E-state index in [2.05, 4.69) is 47.3 Å². The molecule has 188 valence electrons. The molecule has 5 rings (SSSR count). The topological polar surface area (TPSA) is 117 Å². The van der Waals surface area contributed by atoms with Gasteiger partial charge < -0.3 is 19.8 Å². The Hall–Kier alpha value is -3.94. The number of carbonyl (C=O) groups is 2. The maximum Gasteiger partial charge on any atom is 0.228 e. The van der Waals surface area contributed by atoms with Crippen molar-refractivity contribution in [1.82, 2.24) is 24.6 Å². The first-order valence-electron chi connectivity index (χ1n) is 11.3. The predicted octanol–water partition coefficient (Wildman–Crippen LogP) is 4.90. The fraction of sp³-hybridized carbons (Fsp3) is 0.308. The van der Waals surface area contributed by atoms with Gasteiger partial charge in [0, 0.05) is 30.5 Å². The fourth-order valence-corrected chi connectivity index (χ4v) is 4.76. The number of nitrogens with zero attached hydrogens (tertiary/aromatic N) is 6. The van der Waals surface area contributed by atoms with Crippen LogP contribution in [0.15, 0.2) is 54.2 Å². The van der Waals surface area contributed by atoms with Gasteiger partial charge in [0.1, 0.15) is 19.1 Å². The van der Waals surface area contributed by atoms with Gasteiger partial charge in [0.25, 0.3) is 0 Å². The van der Waals surface area contributed by atoms with E-state index < -0.39 is 0 Å². The molecule has 4 heterocycles. The Morgan fingerprint density at radius 3 is 2.39 bits per heavy atom. The summed E-state index contributed by atoms with van der Waals surface area (Å²) in [4.78, 5) is 27.6. The highest BCUT2D eigenvalue weighted by molar-refractivity contribution is 7.17. The number of carbonyl (C=O) groups excluding carboxylic acids is 2. The zero-order valence-corrected chi connectivity index (χ0v) is 21.7. The number of nitrogens with one attached hydrogen (secondary N) is 1. The van der Waals surface area contributed by atoms with Crippen LogP contribution in [0, 0.1) is 11.3 Å². The number of benzene rings is 1. The van der Waals surface area contributed by atoms with E-state index in [0.717, 1.165) is 40.3 Å². The number of anilines is 2. The molecule has 0 radical (unpaired) electrons. The summed E-state index contributed by atoms with van der Waals surface area (Å²) in [6.45, 7) is 9.89. The van der Waals surface area contributed by atoms with Crippen molar-refractivity contribution in [2.45, 2.75) is 32.2 Å². The Kier molecular flexibility index (Phi) is 10.9. The van der Waals surface area contributed by atoms with E-state index >= 15 is 0 Å². The predicted molar refractivity (Wildman–Crippen MR) is 144 cm³/mol. The van der Waals surface area contributed by atoms with Crippen LogP contribution in [0.2, 0.25) is 0 Å². The number of likely N-dealkylation sites (N-methyl/N-ethyl adjacent to an activating group) is 1. The molecule has 3 aromatic heterocycles. The lowest BCUT2D eigenvalue weighted by molar-refractivity contribution is -0.0987. The third kappa shape index (κ3) is 6.38. The summed E-state index contributed by atoms with van der Waals surface area (Å²) in [7, 11) is 2.06. The molecule has 0 spiro atoms. The first-order chi connectivity index (χ1) is 17.6. The molecule has 1 aliphatic heterocycles. The highest BCUT2D eigenvalue weighted by Gasteiger charge is 2.43. The van der Waals surface area contributed by atoms with Crippen LogP contribution in [0.5, 0.6) is 0 Å². The molecule has 10 heteroatoms. The summed E-state index contributed by atoms with van der Waals surface area (Å²) in [5, 5.41) is 19.2. The van der Waals surface area contributed by atoms with Crippen LogP contribution < -0.4 is 5.32 Å². The van der Waals surface area contributed by atoms with Gasteiger partial charge in [-0.1, -0.05) is 38.5 Å². The van der Waals surface area contributed by atoms with Crippen molar-refractivity contribution in [3.63, 3.8) is 0 Å². The summed E-state index contributed by atoms with van der Waals surface area (Å²) >= 11 is 1.62. The molecular formula is C26H31N7O2S. The number of hydrogen-bond donors (Lipinski definition) is 1. The second-order valence-corrected chi connectivity index (χ2v) is 9.05. The average Bonchev–Trinajstić information content (AvgIpc) is 3.57. The van der Waals surface area contributed by atoms with Gasteiger partial charge in [-0.15, -0.1) is 11.3 Å². The van der Waals surface area contributed by atoms with Gasteiger partial charge >= 0.3 is 0 Å². The van der Waals surface area contributed by atoms with Gasteiger partial charge in [0.05, 0.1) is 34.6 Å². The SMILES string of the molecule is C=O.C=O.CCC.CN1CC(CC#N)(n2cc(-c3nc(Nc4ccccc4)nc4ccsc34)cn2)C1. The second kappa shape index (κ2) is 13.8. The highest BCUT2D eigenvalue weighted by atomic mass is 32.1. The molecule has 0 saturated carbocycles. The Bertz CT molecular complexity index is 1260. The van der Waals surface area contributed by atoms with Crippen LogP contribution in [0.3, 0.4) is 0 Å². The number of para-hydroxylation sites is 1. The number of hydrogen-bond acceptors (Lipinski definition) is 9. The summed E-state index contributed by atoms with van der Waals surface area (Å²) < 4.78 is 2.97. The third-order valence-corrected chi connectivity index (χ3v) is 6.12. The highest BCUT2D eigenvalue weighted by Crippen LogP contribution is 2.35.